The first-order chi connectivity index (χ1) is 14.8. The second kappa shape index (κ2) is 7.74. The summed E-state index contributed by atoms with van der Waals surface area (Å²) in [6, 6.07) is 9.41. The molecule has 5 rings (SSSR count). The van der Waals surface area contributed by atoms with Gasteiger partial charge in [-0.1, -0.05) is 32.0 Å². The highest BCUT2D eigenvalue weighted by molar-refractivity contribution is 5.89. The lowest BCUT2D eigenvalue weighted by atomic mass is 9.44. The Hall–Kier alpha value is -1.64. The topological polar surface area (TPSA) is 43.4 Å². The molecule has 1 aromatic carbocycles. The van der Waals surface area contributed by atoms with Crippen LogP contribution < -0.4 is 0 Å². The van der Waals surface area contributed by atoms with Crippen molar-refractivity contribution in [2.45, 2.75) is 84.7 Å². The Bertz CT molecular complexity index is 847. The van der Waals surface area contributed by atoms with Gasteiger partial charge < -0.3 is 4.74 Å². The van der Waals surface area contributed by atoms with E-state index in [0.29, 0.717) is 22.7 Å². The summed E-state index contributed by atoms with van der Waals surface area (Å²) in [5.74, 6) is 3.49. The molecule has 31 heavy (non-hydrogen) atoms. The standard InChI is InChI=1S/C28H38O3/c1-18(29)23-11-12-24-22-10-9-20-17-21(31-26(30)19-7-5-4-6-8-19)13-15-27(20,2)25(22)14-16-28(23,24)3/h4-8,20-25H,9-17H2,1-3H3/t20-,21+,22?,23+,24?,25?,27-,28+/m0/s1. The van der Waals surface area contributed by atoms with Gasteiger partial charge in [0.05, 0.1) is 5.56 Å². The Morgan fingerprint density at radius 3 is 2.32 bits per heavy atom. The molecule has 0 aliphatic heterocycles. The number of ketones is 1. The average Bonchev–Trinajstić information content (AvgIpc) is 3.12. The number of carbonyl (C=O) groups excluding carboxylic acids is 2. The molecule has 8 atom stereocenters. The zero-order valence-corrected chi connectivity index (χ0v) is 19.4. The maximum absolute atomic E-state index is 12.6. The Balaban J connectivity index is 1.28. The van der Waals surface area contributed by atoms with Crippen molar-refractivity contribution in [1.82, 2.24) is 0 Å². The smallest absolute Gasteiger partial charge is 0.338 e. The fourth-order valence-electron chi connectivity index (χ4n) is 8.79. The number of rotatable bonds is 3. The van der Waals surface area contributed by atoms with E-state index in [0.717, 1.165) is 37.0 Å². The number of fused-ring (bicyclic) bond motifs is 5. The zero-order chi connectivity index (χ0) is 21.8. The van der Waals surface area contributed by atoms with Gasteiger partial charge in [0.15, 0.2) is 0 Å². The normalized spacial score (nSPS) is 44.0. The molecule has 0 radical (unpaired) electrons. The highest BCUT2D eigenvalue weighted by Gasteiger charge is 2.60. The van der Waals surface area contributed by atoms with Gasteiger partial charge in [-0.05, 0) is 111 Å². The highest BCUT2D eigenvalue weighted by atomic mass is 16.5. The molecule has 0 bridgehead atoms. The molecule has 4 saturated carbocycles. The van der Waals surface area contributed by atoms with Crippen LogP contribution in [0.3, 0.4) is 0 Å². The van der Waals surface area contributed by atoms with Gasteiger partial charge >= 0.3 is 5.97 Å². The summed E-state index contributed by atoms with van der Waals surface area (Å²) in [7, 11) is 0. The summed E-state index contributed by atoms with van der Waals surface area (Å²) in [4.78, 5) is 24.9. The summed E-state index contributed by atoms with van der Waals surface area (Å²) < 4.78 is 5.96. The van der Waals surface area contributed by atoms with Crippen molar-refractivity contribution in [2.75, 3.05) is 0 Å². The lowest BCUT2D eigenvalue weighted by Crippen LogP contribution is -2.54. The molecular weight excluding hydrogens is 384 g/mol. The Morgan fingerprint density at radius 2 is 1.58 bits per heavy atom. The molecule has 3 nitrogen and oxygen atoms in total. The minimum atomic E-state index is -0.169. The van der Waals surface area contributed by atoms with Gasteiger partial charge in [0.1, 0.15) is 11.9 Å². The first-order valence-electron chi connectivity index (χ1n) is 12.6. The second-order valence-corrected chi connectivity index (χ2v) is 11.6. The van der Waals surface area contributed by atoms with Crippen molar-refractivity contribution in [3.63, 3.8) is 0 Å². The Labute approximate surface area is 187 Å². The maximum Gasteiger partial charge on any atom is 0.338 e. The first-order valence-corrected chi connectivity index (χ1v) is 12.6. The van der Waals surface area contributed by atoms with E-state index in [1.807, 2.05) is 37.3 Å². The minimum absolute atomic E-state index is 0.0600. The molecule has 0 N–H and O–H groups in total. The van der Waals surface area contributed by atoms with Gasteiger partial charge in [0.25, 0.3) is 0 Å². The van der Waals surface area contributed by atoms with Crippen LogP contribution in [0.25, 0.3) is 0 Å². The monoisotopic (exact) mass is 422 g/mol. The summed E-state index contributed by atoms with van der Waals surface area (Å²) in [5, 5.41) is 0. The Kier molecular flexibility index (Phi) is 5.30. The molecule has 4 aliphatic carbocycles. The van der Waals surface area contributed by atoms with E-state index in [4.69, 9.17) is 4.74 Å². The third kappa shape index (κ3) is 3.38. The maximum atomic E-state index is 12.6. The molecule has 3 heteroatoms. The quantitative estimate of drug-likeness (QED) is 0.525. The van der Waals surface area contributed by atoms with Crippen LogP contribution in [-0.4, -0.2) is 17.9 Å². The van der Waals surface area contributed by atoms with Crippen molar-refractivity contribution in [3.8, 4) is 0 Å². The number of ether oxygens (including phenoxy) is 1. The summed E-state index contributed by atoms with van der Waals surface area (Å²) >= 11 is 0. The van der Waals surface area contributed by atoms with E-state index < -0.39 is 0 Å². The van der Waals surface area contributed by atoms with E-state index in [9.17, 15) is 9.59 Å². The molecule has 0 spiro atoms. The molecular formula is C28H38O3. The van der Waals surface area contributed by atoms with Crippen LogP contribution in [-0.2, 0) is 9.53 Å². The molecule has 3 unspecified atom stereocenters. The zero-order valence-electron chi connectivity index (χ0n) is 19.4. The Morgan fingerprint density at radius 1 is 0.871 bits per heavy atom. The van der Waals surface area contributed by atoms with Crippen LogP contribution in [0.5, 0.6) is 0 Å². The predicted octanol–water partition coefficient (Wildman–Crippen LogP) is 6.46. The fourth-order valence-corrected chi connectivity index (χ4v) is 8.79. The third-order valence-electron chi connectivity index (χ3n) is 10.4. The van der Waals surface area contributed by atoms with Gasteiger partial charge in [0, 0.05) is 5.92 Å². The molecule has 0 saturated heterocycles. The first kappa shape index (κ1) is 21.2. The average molecular weight is 423 g/mol. The van der Waals surface area contributed by atoms with Crippen LogP contribution in [0.15, 0.2) is 30.3 Å². The molecule has 168 valence electrons. The van der Waals surface area contributed by atoms with Crippen molar-refractivity contribution in [1.29, 1.82) is 0 Å². The van der Waals surface area contributed by atoms with Crippen LogP contribution in [0.4, 0.5) is 0 Å². The van der Waals surface area contributed by atoms with Crippen LogP contribution in [0.1, 0.15) is 88.9 Å². The highest BCUT2D eigenvalue weighted by Crippen LogP contribution is 2.67. The lowest BCUT2D eigenvalue weighted by Gasteiger charge is -2.61. The summed E-state index contributed by atoms with van der Waals surface area (Å²) in [6.45, 7) is 6.80. The van der Waals surface area contributed by atoms with Crippen molar-refractivity contribution < 1.29 is 14.3 Å². The molecule has 0 amide bonds. The molecule has 1 aromatic rings. The molecule has 0 aromatic heterocycles. The number of hydrogen-bond acceptors (Lipinski definition) is 3. The molecule has 4 fully saturated rings. The second-order valence-electron chi connectivity index (χ2n) is 11.6. The number of benzene rings is 1. The van der Waals surface area contributed by atoms with Crippen LogP contribution in [0.2, 0.25) is 0 Å². The lowest BCUT2D eigenvalue weighted by molar-refractivity contribution is -0.138. The SMILES string of the molecule is CC(=O)[C@H]1CCC2C3CC[C@H]4C[C@H](OC(=O)c5ccccc5)CC[C@]4(C)C3CC[C@@]21C. The van der Waals surface area contributed by atoms with Crippen LogP contribution in [0, 0.1) is 40.4 Å². The largest absolute Gasteiger partial charge is 0.459 e. The van der Waals surface area contributed by atoms with Gasteiger partial charge in [-0.2, -0.15) is 0 Å². The van der Waals surface area contributed by atoms with Crippen LogP contribution >= 0.6 is 0 Å². The van der Waals surface area contributed by atoms with Gasteiger partial charge in [-0.25, -0.2) is 4.79 Å². The van der Waals surface area contributed by atoms with Gasteiger partial charge in [-0.3, -0.25) is 4.79 Å². The van der Waals surface area contributed by atoms with E-state index in [1.54, 1.807) is 0 Å². The van der Waals surface area contributed by atoms with E-state index >= 15 is 0 Å². The van der Waals surface area contributed by atoms with Crippen molar-refractivity contribution in [2.24, 2.45) is 40.4 Å². The van der Waals surface area contributed by atoms with Gasteiger partial charge in [0.2, 0.25) is 0 Å². The fraction of sp³-hybridized carbons (Fsp3) is 0.714. The van der Waals surface area contributed by atoms with Crippen molar-refractivity contribution >= 4 is 11.8 Å². The molecule has 0 heterocycles. The van der Waals surface area contributed by atoms with E-state index in [1.165, 1.54) is 38.5 Å². The third-order valence-corrected chi connectivity index (χ3v) is 10.4. The summed E-state index contributed by atoms with van der Waals surface area (Å²) in [6.07, 6.45) is 10.7. The molecule has 4 aliphatic rings. The number of esters is 1. The van der Waals surface area contributed by atoms with E-state index in [-0.39, 0.29) is 23.4 Å². The summed E-state index contributed by atoms with van der Waals surface area (Å²) in [5.41, 5.74) is 1.26. The van der Waals surface area contributed by atoms with Gasteiger partial charge in [-0.15, -0.1) is 0 Å². The van der Waals surface area contributed by atoms with Crippen molar-refractivity contribution in [3.05, 3.63) is 35.9 Å². The number of carbonyl (C=O) groups is 2. The van der Waals surface area contributed by atoms with E-state index in [2.05, 4.69) is 13.8 Å². The number of hydrogen-bond donors (Lipinski definition) is 0. The number of Topliss-reactive ketones (excluding diaryl/α,β-unsaturated/α-hetero) is 1. The minimum Gasteiger partial charge on any atom is -0.459 e. The predicted molar refractivity (Wildman–Crippen MR) is 122 cm³/mol.